The first kappa shape index (κ1) is 30.6. The number of nitrogens with zero attached hydrogens (tertiary/aromatic N) is 2. The molecule has 5 rings (SSSR count). The molecule has 1 aromatic heterocycles. The molecular weight excluding hydrogens is 580 g/mol. The fourth-order valence-electron chi connectivity index (χ4n) is 5.02. The van der Waals surface area contributed by atoms with Crippen molar-refractivity contribution >= 4 is 23.4 Å². The first-order chi connectivity index (χ1) is 21.4. The summed E-state index contributed by atoms with van der Waals surface area (Å²) in [5, 5.41) is 0. The number of rotatable bonds is 11. The van der Waals surface area contributed by atoms with E-state index >= 15 is 0 Å². The second kappa shape index (κ2) is 13.6. The highest BCUT2D eigenvalue weighted by molar-refractivity contribution is 7.07. The second-order valence-corrected chi connectivity index (χ2v) is 10.8. The molecule has 0 radical (unpaired) electrons. The van der Waals surface area contributed by atoms with Crippen molar-refractivity contribution in [1.82, 2.24) is 4.57 Å². The van der Waals surface area contributed by atoms with E-state index in [4.69, 9.17) is 23.7 Å². The van der Waals surface area contributed by atoms with Gasteiger partial charge >= 0.3 is 5.97 Å². The highest BCUT2D eigenvalue weighted by Gasteiger charge is 2.34. The van der Waals surface area contributed by atoms with Crippen LogP contribution in [0.5, 0.6) is 23.0 Å². The van der Waals surface area contributed by atoms with Crippen LogP contribution in [0, 0.1) is 0 Å². The number of aromatic nitrogens is 1. The lowest BCUT2D eigenvalue weighted by Gasteiger charge is -2.25. The van der Waals surface area contributed by atoms with Crippen LogP contribution >= 0.6 is 11.3 Å². The zero-order valence-corrected chi connectivity index (χ0v) is 26.1. The van der Waals surface area contributed by atoms with Gasteiger partial charge in [0.25, 0.3) is 5.56 Å². The summed E-state index contributed by atoms with van der Waals surface area (Å²) < 4.78 is 30.3. The SMILES string of the molecule is CCOC(=O)C1=C(C)N=c2s/c(=C\c3ccc(OCc4ccccc4)c(OC)c3)c(=O)n2[C@H]1c1ccc(OC)c(OCC)c1. The van der Waals surface area contributed by atoms with Crippen LogP contribution in [0.3, 0.4) is 0 Å². The molecule has 0 unspecified atom stereocenters. The van der Waals surface area contributed by atoms with E-state index in [0.717, 1.165) is 11.1 Å². The van der Waals surface area contributed by atoms with E-state index in [1.807, 2.05) is 61.5 Å². The Morgan fingerprint density at radius 1 is 0.909 bits per heavy atom. The standard InChI is InChI=1S/C34H34N2O7S/c1-6-41-28-19-24(14-16-25(28)39-4)31-30(33(38)42-7-2)21(3)35-34-36(31)32(37)29(44-34)18-23-13-15-26(27(17-23)40-5)43-20-22-11-9-8-10-12-22/h8-19,31H,6-7,20H2,1-5H3/b29-18-/t31-/m0/s1. The number of carbonyl (C=O) groups is 1. The molecule has 0 fully saturated rings. The van der Waals surface area contributed by atoms with Crippen LogP contribution in [-0.2, 0) is 16.1 Å². The summed E-state index contributed by atoms with van der Waals surface area (Å²) >= 11 is 1.25. The van der Waals surface area contributed by atoms with Crippen LogP contribution in [0.25, 0.3) is 6.08 Å². The minimum absolute atomic E-state index is 0.187. The summed E-state index contributed by atoms with van der Waals surface area (Å²) in [5.74, 6) is 1.66. The number of methoxy groups -OCH3 is 2. The Bertz CT molecular complexity index is 1880. The van der Waals surface area contributed by atoms with E-state index in [9.17, 15) is 9.59 Å². The van der Waals surface area contributed by atoms with Crippen molar-refractivity contribution in [3.63, 3.8) is 0 Å². The number of carbonyl (C=O) groups excluding carboxylic acids is 1. The summed E-state index contributed by atoms with van der Waals surface area (Å²) in [6, 6.07) is 20.0. The number of thiazole rings is 1. The van der Waals surface area contributed by atoms with Gasteiger partial charge in [-0.2, -0.15) is 0 Å². The summed E-state index contributed by atoms with van der Waals surface area (Å²) in [4.78, 5) is 32.4. The first-order valence-corrected chi connectivity index (χ1v) is 15.0. The third-order valence-electron chi connectivity index (χ3n) is 7.04. The van der Waals surface area contributed by atoms with E-state index in [1.54, 1.807) is 50.8 Å². The average molecular weight is 615 g/mol. The predicted octanol–water partition coefficient (Wildman–Crippen LogP) is 4.79. The monoisotopic (exact) mass is 614 g/mol. The van der Waals surface area contributed by atoms with Crippen LogP contribution < -0.4 is 33.8 Å². The van der Waals surface area contributed by atoms with Gasteiger partial charge in [-0.05, 0) is 67.8 Å². The Kier molecular flexibility index (Phi) is 9.50. The molecule has 1 aliphatic heterocycles. The third-order valence-corrected chi connectivity index (χ3v) is 8.03. The maximum atomic E-state index is 14.0. The molecule has 0 N–H and O–H groups in total. The molecule has 44 heavy (non-hydrogen) atoms. The molecule has 3 aromatic carbocycles. The number of benzene rings is 3. The molecule has 0 bridgehead atoms. The number of hydrogen-bond donors (Lipinski definition) is 0. The van der Waals surface area contributed by atoms with Gasteiger partial charge in [0, 0.05) is 0 Å². The quantitative estimate of drug-likeness (QED) is 0.224. The molecule has 0 saturated carbocycles. The minimum Gasteiger partial charge on any atom is -0.493 e. The number of allylic oxidation sites excluding steroid dienone is 1. The van der Waals surface area contributed by atoms with Crippen LogP contribution in [-0.4, -0.2) is 38.0 Å². The maximum Gasteiger partial charge on any atom is 0.338 e. The van der Waals surface area contributed by atoms with Crippen molar-refractivity contribution in [3.8, 4) is 23.0 Å². The van der Waals surface area contributed by atoms with Crippen LogP contribution in [0.1, 0.15) is 43.5 Å². The van der Waals surface area contributed by atoms with Crippen molar-refractivity contribution in [2.24, 2.45) is 4.99 Å². The lowest BCUT2D eigenvalue weighted by atomic mass is 9.95. The molecule has 10 heteroatoms. The fourth-order valence-corrected chi connectivity index (χ4v) is 6.07. The van der Waals surface area contributed by atoms with Gasteiger partial charge in [-0.1, -0.05) is 53.8 Å². The molecule has 1 aliphatic rings. The van der Waals surface area contributed by atoms with Gasteiger partial charge in [0.05, 0.1) is 49.3 Å². The van der Waals surface area contributed by atoms with E-state index < -0.39 is 12.0 Å². The Hall–Kier alpha value is -4.83. The molecular formula is C34H34N2O7S. The smallest absolute Gasteiger partial charge is 0.338 e. The van der Waals surface area contributed by atoms with Crippen LogP contribution in [0.2, 0.25) is 0 Å². The molecule has 0 saturated heterocycles. The van der Waals surface area contributed by atoms with Gasteiger partial charge in [0.2, 0.25) is 0 Å². The lowest BCUT2D eigenvalue weighted by Crippen LogP contribution is -2.40. The Labute approximate surface area is 259 Å². The van der Waals surface area contributed by atoms with E-state index in [0.29, 0.717) is 62.4 Å². The summed E-state index contributed by atoms with van der Waals surface area (Å²) in [5.41, 5.74) is 2.94. The molecule has 0 aliphatic carbocycles. The number of esters is 1. The largest absolute Gasteiger partial charge is 0.493 e. The maximum absolute atomic E-state index is 14.0. The topological polar surface area (TPSA) is 97.6 Å². The summed E-state index contributed by atoms with van der Waals surface area (Å²) in [7, 11) is 3.14. The van der Waals surface area contributed by atoms with Crippen LogP contribution in [0.15, 0.2) is 87.8 Å². The summed E-state index contributed by atoms with van der Waals surface area (Å²) in [6.07, 6.45) is 1.79. The molecule has 228 valence electrons. The second-order valence-electron chi connectivity index (χ2n) is 9.83. The first-order valence-electron chi connectivity index (χ1n) is 14.2. The molecule has 1 atom stereocenters. The fraction of sp³-hybridized carbons (Fsp3) is 0.265. The number of ether oxygens (including phenoxy) is 5. The van der Waals surface area contributed by atoms with Gasteiger partial charge in [0.15, 0.2) is 27.8 Å². The van der Waals surface area contributed by atoms with Crippen molar-refractivity contribution in [3.05, 3.63) is 114 Å². The van der Waals surface area contributed by atoms with Gasteiger partial charge in [0.1, 0.15) is 6.61 Å². The lowest BCUT2D eigenvalue weighted by molar-refractivity contribution is -0.139. The van der Waals surface area contributed by atoms with Crippen LogP contribution in [0.4, 0.5) is 0 Å². The normalized spacial score (nSPS) is 14.5. The zero-order valence-electron chi connectivity index (χ0n) is 25.3. The minimum atomic E-state index is -0.777. The van der Waals surface area contributed by atoms with E-state index in [-0.39, 0.29) is 12.2 Å². The van der Waals surface area contributed by atoms with Crippen molar-refractivity contribution in [2.75, 3.05) is 27.4 Å². The third kappa shape index (κ3) is 6.26. The van der Waals surface area contributed by atoms with E-state index in [2.05, 4.69) is 4.99 Å². The Morgan fingerprint density at radius 3 is 2.36 bits per heavy atom. The van der Waals surface area contributed by atoms with Crippen molar-refractivity contribution < 1.29 is 28.5 Å². The summed E-state index contributed by atoms with van der Waals surface area (Å²) in [6.45, 7) is 6.37. The number of hydrogen-bond acceptors (Lipinski definition) is 9. The molecule has 9 nitrogen and oxygen atoms in total. The molecule has 0 amide bonds. The van der Waals surface area contributed by atoms with Gasteiger partial charge in [-0.3, -0.25) is 9.36 Å². The van der Waals surface area contributed by atoms with Gasteiger partial charge in [-0.15, -0.1) is 0 Å². The van der Waals surface area contributed by atoms with Crippen molar-refractivity contribution in [2.45, 2.75) is 33.4 Å². The van der Waals surface area contributed by atoms with Crippen molar-refractivity contribution in [1.29, 1.82) is 0 Å². The molecule has 4 aromatic rings. The molecule has 0 spiro atoms. The highest BCUT2D eigenvalue weighted by atomic mass is 32.1. The number of fused-ring (bicyclic) bond motifs is 1. The van der Waals surface area contributed by atoms with Gasteiger partial charge in [-0.25, -0.2) is 9.79 Å². The molecule has 2 heterocycles. The predicted molar refractivity (Wildman–Crippen MR) is 168 cm³/mol. The van der Waals surface area contributed by atoms with E-state index in [1.165, 1.54) is 11.3 Å². The highest BCUT2D eigenvalue weighted by Crippen LogP contribution is 2.36. The van der Waals surface area contributed by atoms with Gasteiger partial charge < -0.3 is 23.7 Å². The Morgan fingerprint density at radius 2 is 1.66 bits per heavy atom. The average Bonchev–Trinajstić information content (AvgIpc) is 3.33. The zero-order chi connectivity index (χ0) is 31.2. The Balaban J connectivity index is 1.58.